The van der Waals surface area contributed by atoms with Gasteiger partial charge in [0.2, 0.25) is 5.28 Å². The summed E-state index contributed by atoms with van der Waals surface area (Å²) in [5, 5.41) is 0.472. The van der Waals surface area contributed by atoms with Gasteiger partial charge >= 0.3 is 0 Å². The van der Waals surface area contributed by atoms with Crippen molar-refractivity contribution in [3.63, 3.8) is 0 Å². The van der Waals surface area contributed by atoms with Gasteiger partial charge in [0, 0.05) is 8.95 Å². The second-order valence-corrected chi connectivity index (χ2v) is 6.68. The number of methoxy groups -OCH3 is 1. The molecule has 3 aromatic rings. The number of rotatable bonds is 3. The first-order valence-electron chi connectivity index (χ1n) is 6.22. The van der Waals surface area contributed by atoms with Crippen LogP contribution < -0.4 is 4.74 Å². The molecule has 2 aromatic carbocycles. The molecule has 0 aliphatic heterocycles. The molecule has 6 heteroatoms. The minimum Gasteiger partial charge on any atom is -0.497 e. The molecular formula is C15H11Br2ClN2O. The molecule has 0 atom stereocenters. The predicted octanol–water partition coefficient (Wildman–Crippen LogP) is 5.27. The summed E-state index contributed by atoms with van der Waals surface area (Å²) in [6.45, 7) is 0.652. The molecule has 3 nitrogen and oxygen atoms in total. The van der Waals surface area contributed by atoms with E-state index in [1.165, 1.54) is 0 Å². The van der Waals surface area contributed by atoms with E-state index in [1.54, 1.807) is 7.11 Å². The third kappa shape index (κ3) is 2.96. The summed E-state index contributed by atoms with van der Waals surface area (Å²) in [4.78, 5) is 4.41. The summed E-state index contributed by atoms with van der Waals surface area (Å²) >= 11 is 13.3. The van der Waals surface area contributed by atoms with E-state index in [9.17, 15) is 0 Å². The highest BCUT2D eigenvalue weighted by molar-refractivity contribution is 9.11. The van der Waals surface area contributed by atoms with Crippen LogP contribution in [0.15, 0.2) is 45.3 Å². The standard InChI is InChI=1S/C15H11Br2ClN2O/c1-21-11-4-2-9(3-5-11)8-20-14-12(17)6-10(16)7-13(14)19-15(20)18/h2-7H,8H2,1H3. The van der Waals surface area contributed by atoms with Gasteiger partial charge in [-0.05, 0) is 57.4 Å². The van der Waals surface area contributed by atoms with Crippen LogP contribution >= 0.6 is 43.5 Å². The second kappa shape index (κ2) is 5.99. The maximum atomic E-state index is 6.29. The first-order chi connectivity index (χ1) is 10.1. The highest BCUT2D eigenvalue weighted by Gasteiger charge is 2.13. The molecule has 0 radical (unpaired) electrons. The number of benzene rings is 2. The normalized spacial score (nSPS) is 11.0. The Morgan fingerprint density at radius 1 is 1.19 bits per heavy atom. The minimum atomic E-state index is 0.472. The van der Waals surface area contributed by atoms with E-state index in [0.29, 0.717) is 11.8 Å². The van der Waals surface area contributed by atoms with Gasteiger partial charge in [-0.3, -0.25) is 0 Å². The molecular weight excluding hydrogens is 419 g/mol. The van der Waals surface area contributed by atoms with Crippen molar-refractivity contribution < 1.29 is 4.74 Å². The number of hydrogen-bond acceptors (Lipinski definition) is 2. The van der Waals surface area contributed by atoms with Crippen LogP contribution in [0.5, 0.6) is 5.75 Å². The van der Waals surface area contributed by atoms with Crippen molar-refractivity contribution in [3.8, 4) is 5.75 Å². The van der Waals surface area contributed by atoms with Crippen molar-refractivity contribution in [2.75, 3.05) is 7.11 Å². The lowest BCUT2D eigenvalue weighted by atomic mass is 10.2. The van der Waals surface area contributed by atoms with Crippen molar-refractivity contribution in [1.82, 2.24) is 9.55 Å². The van der Waals surface area contributed by atoms with Crippen molar-refractivity contribution in [1.29, 1.82) is 0 Å². The van der Waals surface area contributed by atoms with Crippen LogP contribution in [0.4, 0.5) is 0 Å². The van der Waals surface area contributed by atoms with Gasteiger partial charge in [-0.2, -0.15) is 0 Å². The van der Waals surface area contributed by atoms with Crippen LogP contribution in [0.3, 0.4) is 0 Å². The quantitative estimate of drug-likeness (QED) is 0.566. The smallest absolute Gasteiger partial charge is 0.204 e. The third-order valence-corrected chi connectivity index (χ3v) is 4.56. The van der Waals surface area contributed by atoms with E-state index in [1.807, 2.05) is 41.0 Å². The Hall–Kier alpha value is -1.04. The van der Waals surface area contributed by atoms with Gasteiger partial charge in [0.15, 0.2) is 0 Å². The fourth-order valence-corrected chi connectivity index (χ4v) is 3.87. The first-order valence-corrected chi connectivity index (χ1v) is 8.18. The molecule has 0 bridgehead atoms. The highest BCUT2D eigenvalue weighted by atomic mass is 79.9. The van der Waals surface area contributed by atoms with Gasteiger partial charge in [0.05, 0.1) is 24.7 Å². The lowest BCUT2D eigenvalue weighted by Gasteiger charge is -2.08. The molecule has 0 saturated heterocycles. The molecule has 108 valence electrons. The van der Waals surface area contributed by atoms with Gasteiger partial charge < -0.3 is 9.30 Å². The Balaban J connectivity index is 2.05. The van der Waals surface area contributed by atoms with Crippen LogP contribution in [0.25, 0.3) is 11.0 Å². The highest BCUT2D eigenvalue weighted by Crippen LogP contribution is 2.31. The maximum Gasteiger partial charge on any atom is 0.204 e. The number of ether oxygens (including phenoxy) is 1. The summed E-state index contributed by atoms with van der Waals surface area (Å²) in [7, 11) is 1.66. The molecule has 0 spiro atoms. The van der Waals surface area contributed by atoms with Gasteiger partial charge in [-0.1, -0.05) is 28.1 Å². The van der Waals surface area contributed by atoms with Crippen molar-refractivity contribution in [2.24, 2.45) is 0 Å². The van der Waals surface area contributed by atoms with E-state index in [4.69, 9.17) is 16.3 Å². The molecule has 0 N–H and O–H groups in total. The Morgan fingerprint density at radius 3 is 2.57 bits per heavy atom. The molecule has 1 aromatic heterocycles. The monoisotopic (exact) mass is 428 g/mol. The van der Waals surface area contributed by atoms with E-state index in [0.717, 1.165) is 31.3 Å². The van der Waals surface area contributed by atoms with Gasteiger partial charge in [0.25, 0.3) is 0 Å². The number of nitrogens with zero attached hydrogens (tertiary/aromatic N) is 2. The summed E-state index contributed by atoms with van der Waals surface area (Å²) < 4.78 is 9.08. The predicted molar refractivity (Wildman–Crippen MR) is 92.2 cm³/mol. The van der Waals surface area contributed by atoms with Crippen LogP contribution in [0.2, 0.25) is 5.28 Å². The molecule has 0 fully saturated rings. The minimum absolute atomic E-state index is 0.472. The topological polar surface area (TPSA) is 27.1 Å². The van der Waals surface area contributed by atoms with Crippen molar-refractivity contribution in [3.05, 3.63) is 56.2 Å². The van der Waals surface area contributed by atoms with Gasteiger partial charge in [0.1, 0.15) is 5.75 Å². The maximum absolute atomic E-state index is 6.29. The average Bonchev–Trinajstić information content (AvgIpc) is 2.76. The van der Waals surface area contributed by atoms with E-state index >= 15 is 0 Å². The second-order valence-electron chi connectivity index (χ2n) is 4.57. The van der Waals surface area contributed by atoms with Crippen LogP contribution in [-0.2, 0) is 6.54 Å². The molecule has 0 unspecified atom stereocenters. The fraction of sp³-hybridized carbons (Fsp3) is 0.133. The SMILES string of the molecule is COc1ccc(Cn2c(Cl)nc3cc(Br)cc(Br)c32)cc1. The first kappa shape index (κ1) is 14.9. The van der Waals surface area contributed by atoms with Crippen LogP contribution in [-0.4, -0.2) is 16.7 Å². The number of aromatic nitrogens is 2. The molecule has 1 heterocycles. The van der Waals surface area contributed by atoms with Gasteiger partial charge in [-0.15, -0.1) is 0 Å². The summed E-state index contributed by atoms with van der Waals surface area (Å²) in [6, 6.07) is 11.9. The Labute approximate surface area is 144 Å². The average molecular weight is 431 g/mol. The molecule has 0 aliphatic carbocycles. The Kier molecular flexibility index (Phi) is 4.24. The van der Waals surface area contributed by atoms with Crippen molar-refractivity contribution in [2.45, 2.75) is 6.54 Å². The zero-order valence-electron chi connectivity index (χ0n) is 11.1. The number of halogens is 3. The molecule has 21 heavy (non-hydrogen) atoms. The van der Waals surface area contributed by atoms with Crippen molar-refractivity contribution >= 4 is 54.5 Å². The van der Waals surface area contributed by atoms with E-state index in [-0.39, 0.29) is 0 Å². The largest absolute Gasteiger partial charge is 0.497 e. The number of fused-ring (bicyclic) bond motifs is 1. The summed E-state index contributed by atoms with van der Waals surface area (Å²) in [5.74, 6) is 0.838. The van der Waals surface area contributed by atoms with E-state index < -0.39 is 0 Å². The lowest BCUT2D eigenvalue weighted by molar-refractivity contribution is 0.414. The molecule has 0 aliphatic rings. The Morgan fingerprint density at radius 2 is 1.90 bits per heavy atom. The summed E-state index contributed by atoms with van der Waals surface area (Å²) in [5.41, 5.74) is 2.97. The Bertz CT molecular complexity index is 800. The number of imidazole rings is 1. The van der Waals surface area contributed by atoms with E-state index in [2.05, 4.69) is 36.8 Å². The third-order valence-electron chi connectivity index (χ3n) is 3.21. The van der Waals surface area contributed by atoms with Gasteiger partial charge in [-0.25, -0.2) is 4.98 Å². The van der Waals surface area contributed by atoms with Crippen LogP contribution in [0, 0.1) is 0 Å². The molecule has 0 amide bonds. The zero-order valence-corrected chi connectivity index (χ0v) is 15.0. The molecule has 3 rings (SSSR count). The van der Waals surface area contributed by atoms with Crippen LogP contribution in [0.1, 0.15) is 5.56 Å². The number of hydrogen-bond donors (Lipinski definition) is 0. The lowest BCUT2D eigenvalue weighted by Crippen LogP contribution is -2.00. The molecule has 0 saturated carbocycles. The zero-order chi connectivity index (χ0) is 15.0. The summed E-state index contributed by atoms with van der Waals surface area (Å²) in [6.07, 6.45) is 0. The fourth-order valence-electron chi connectivity index (χ4n) is 2.21.